The summed E-state index contributed by atoms with van der Waals surface area (Å²) in [6, 6.07) is 9.93. The molecule has 0 bridgehead atoms. The van der Waals surface area contributed by atoms with Gasteiger partial charge in [-0.05, 0) is 55.3 Å². The van der Waals surface area contributed by atoms with E-state index in [1.165, 1.54) is 12.1 Å². The van der Waals surface area contributed by atoms with Crippen LogP contribution in [0.5, 0.6) is 0 Å². The van der Waals surface area contributed by atoms with Crippen LogP contribution in [0.15, 0.2) is 41.3 Å². The van der Waals surface area contributed by atoms with Crippen LogP contribution in [0.1, 0.15) is 16.7 Å². The van der Waals surface area contributed by atoms with Gasteiger partial charge in [0.1, 0.15) is 11.9 Å². The first kappa shape index (κ1) is 15.0. The summed E-state index contributed by atoms with van der Waals surface area (Å²) in [5.41, 5.74) is 1.78. The van der Waals surface area contributed by atoms with Crippen LogP contribution < -0.4 is 4.72 Å². The molecule has 0 aliphatic carbocycles. The third-order valence-corrected chi connectivity index (χ3v) is 4.51. The molecule has 2 aromatic carbocycles. The predicted molar refractivity (Wildman–Crippen MR) is 77.8 cm³/mol. The molecule has 0 amide bonds. The van der Waals surface area contributed by atoms with E-state index in [2.05, 4.69) is 4.72 Å². The Kier molecular flexibility index (Phi) is 3.96. The summed E-state index contributed by atoms with van der Waals surface area (Å²) in [4.78, 5) is 0.119. The van der Waals surface area contributed by atoms with Crippen LogP contribution in [0.2, 0.25) is 0 Å². The highest BCUT2D eigenvalue weighted by Gasteiger charge is 2.15. The van der Waals surface area contributed by atoms with E-state index in [1.807, 2.05) is 13.8 Å². The van der Waals surface area contributed by atoms with Crippen molar-refractivity contribution in [2.24, 2.45) is 0 Å². The summed E-state index contributed by atoms with van der Waals surface area (Å²) in [5, 5.41) is 8.76. The molecule has 0 unspecified atom stereocenters. The number of nitriles is 1. The first-order valence-electron chi connectivity index (χ1n) is 6.13. The zero-order valence-electron chi connectivity index (χ0n) is 11.5. The summed E-state index contributed by atoms with van der Waals surface area (Å²) in [6.07, 6.45) is 0. The van der Waals surface area contributed by atoms with Crippen molar-refractivity contribution in [2.45, 2.75) is 18.7 Å². The topological polar surface area (TPSA) is 70.0 Å². The van der Waals surface area contributed by atoms with Crippen LogP contribution in [0.3, 0.4) is 0 Å². The molecule has 2 rings (SSSR count). The average molecular weight is 304 g/mol. The van der Waals surface area contributed by atoms with E-state index < -0.39 is 15.8 Å². The molecule has 0 radical (unpaired) electrons. The zero-order chi connectivity index (χ0) is 15.6. The normalized spacial score (nSPS) is 11.0. The Morgan fingerprint density at radius 2 is 1.81 bits per heavy atom. The summed E-state index contributed by atoms with van der Waals surface area (Å²) < 4.78 is 40.1. The standard InChI is InChI=1S/C15H13FN2O2S/c1-10-3-5-14(7-11(10)2)21(19,20)18-13-4-6-15(16)12(8-13)9-17/h3-8,18H,1-2H3. The van der Waals surface area contributed by atoms with Gasteiger partial charge in [-0.15, -0.1) is 0 Å². The lowest BCUT2D eigenvalue weighted by molar-refractivity contribution is 0.601. The molecule has 2 aromatic rings. The Morgan fingerprint density at radius 1 is 1.10 bits per heavy atom. The Morgan fingerprint density at radius 3 is 2.43 bits per heavy atom. The van der Waals surface area contributed by atoms with Crippen LogP contribution in [-0.2, 0) is 10.0 Å². The van der Waals surface area contributed by atoms with Crippen molar-refractivity contribution in [3.63, 3.8) is 0 Å². The highest BCUT2D eigenvalue weighted by molar-refractivity contribution is 7.92. The van der Waals surface area contributed by atoms with Crippen LogP contribution in [0.25, 0.3) is 0 Å². The van der Waals surface area contributed by atoms with Gasteiger partial charge in [0.05, 0.1) is 16.1 Å². The number of rotatable bonds is 3. The second kappa shape index (κ2) is 5.54. The molecule has 0 spiro atoms. The lowest BCUT2D eigenvalue weighted by atomic mass is 10.1. The highest BCUT2D eigenvalue weighted by atomic mass is 32.2. The molecule has 6 heteroatoms. The third kappa shape index (κ3) is 3.20. The van der Waals surface area contributed by atoms with Gasteiger partial charge in [-0.2, -0.15) is 5.26 Å². The lowest BCUT2D eigenvalue weighted by Gasteiger charge is -2.10. The van der Waals surface area contributed by atoms with Gasteiger partial charge in [-0.1, -0.05) is 6.07 Å². The Balaban J connectivity index is 2.37. The number of sulfonamides is 1. The van der Waals surface area contributed by atoms with Gasteiger partial charge in [0.2, 0.25) is 0 Å². The summed E-state index contributed by atoms with van der Waals surface area (Å²) in [6.45, 7) is 3.71. The minimum absolute atomic E-state index is 0.119. The van der Waals surface area contributed by atoms with Crippen molar-refractivity contribution in [1.29, 1.82) is 5.26 Å². The predicted octanol–water partition coefficient (Wildman–Crippen LogP) is 3.12. The van der Waals surface area contributed by atoms with Gasteiger partial charge in [0.15, 0.2) is 0 Å². The SMILES string of the molecule is Cc1ccc(S(=O)(=O)Nc2ccc(F)c(C#N)c2)cc1C. The number of hydrogen-bond acceptors (Lipinski definition) is 3. The van der Waals surface area contributed by atoms with Gasteiger partial charge in [0.25, 0.3) is 10.0 Å². The van der Waals surface area contributed by atoms with Gasteiger partial charge < -0.3 is 0 Å². The van der Waals surface area contributed by atoms with Crippen LogP contribution >= 0.6 is 0 Å². The Labute approximate surface area is 122 Å². The molecular weight excluding hydrogens is 291 g/mol. The van der Waals surface area contributed by atoms with E-state index in [0.29, 0.717) is 0 Å². The van der Waals surface area contributed by atoms with E-state index in [0.717, 1.165) is 23.3 Å². The maximum Gasteiger partial charge on any atom is 0.261 e. The smallest absolute Gasteiger partial charge is 0.261 e. The van der Waals surface area contributed by atoms with Crippen molar-refractivity contribution >= 4 is 15.7 Å². The Hall–Kier alpha value is -2.39. The molecule has 0 aromatic heterocycles. The van der Waals surface area contributed by atoms with Gasteiger partial charge >= 0.3 is 0 Å². The fourth-order valence-corrected chi connectivity index (χ4v) is 2.90. The monoisotopic (exact) mass is 304 g/mol. The molecule has 4 nitrogen and oxygen atoms in total. The molecule has 0 saturated carbocycles. The zero-order valence-corrected chi connectivity index (χ0v) is 12.3. The summed E-state index contributed by atoms with van der Waals surface area (Å²) in [7, 11) is -3.77. The fourth-order valence-electron chi connectivity index (χ4n) is 1.77. The van der Waals surface area contributed by atoms with Crippen LogP contribution in [0.4, 0.5) is 10.1 Å². The quantitative estimate of drug-likeness (QED) is 0.947. The molecule has 0 heterocycles. The number of nitrogens with zero attached hydrogens (tertiary/aromatic N) is 1. The minimum Gasteiger partial charge on any atom is -0.280 e. The fraction of sp³-hybridized carbons (Fsp3) is 0.133. The van der Waals surface area contributed by atoms with Crippen molar-refractivity contribution in [2.75, 3.05) is 4.72 Å². The maximum atomic E-state index is 13.2. The molecule has 108 valence electrons. The first-order chi connectivity index (χ1) is 9.83. The lowest BCUT2D eigenvalue weighted by Crippen LogP contribution is -2.13. The van der Waals surface area contributed by atoms with Crippen LogP contribution in [0, 0.1) is 31.0 Å². The molecule has 0 fully saturated rings. The molecule has 0 atom stereocenters. The number of anilines is 1. The van der Waals surface area contributed by atoms with Crippen molar-refractivity contribution < 1.29 is 12.8 Å². The van der Waals surface area contributed by atoms with E-state index in [1.54, 1.807) is 18.2 Å². The summed E-state index contributed by atoms with van der Waals surface area (Å²) in [5.74, 6) is -0.688. The third-order valence-electron chi connectivity index (χ3n) is 3.13. The van der Waals surface area contributed by atoms with E-state index in [9.17, 15) is 12.8 Å². The van der Waals surface area contributed by atoms with Gasteiger partial charge in [-0.3, -0.25) is 4.72 Å². The van der Waals surface area contributed by atoms with Crippen molar-refractivity contribution in [3.05, 3.63) is 58.9 Å². The minimum atomic E-state index is -3.77. The molecule has 0 aliphatic rings. The van der Waals surface area contributed by atoms with E-state index in [-0.39, 0.29) is 16.1 Å². The van der Waals surface area contributed by atoms with Gasteiger partial charge in [-0.25, -0.2) is 12.8 Å². The second-order valence-corrected chi connectivity index (χ2v) is 6.34. The number of nitrogens with one attached hydrogen (secondary N) is 1. The van der Waals surface area contributed by atoms with Crippen molar-refractivity contribution in [1.82, 2.24) is 0 Å². The molecule has 1 N–H and O–H groups in total. The number of benzene rings is 2. The van der Waals surface area contributed by atoms with E-state index >= 15 is 0 Å². The van der Waals surface area contributed by atoms with Crippen LogP contribution in [-0.4, -0.2) is 8.42 Å². The number of aryl methyl sites for hydroxylation is 2. The highest BCUT2D eigenvalue weighted by Crippen LogP contribution is 2.20. The molecule has 21 heavy (non-hydrogen) atoms. The largest absolute Gasteiger partial charge is 0.280 e. The average Bonchev–Trinajstić information content (AvgIpc) is 2.43. The number of halogens is 1. The van der Waals surface area contributed by atoms with E-state index in [4.69, 9.17) is 5.26 Å². The first-order valence-corrected chi connectivity index (χ1v) is 7.61. The number of hydrogen-bond donors (Lipinski definition) is 1. The van der Waals surface area contributed by atoms with Crippen molar-refractivity contribution in [3.8, 4) is 6.07 Å². The molecular formula is C15H13FN2O2S. The Bertz CT molecular complexity index is 839. The van der Waals surface area contributed by atoms with Gasteiger partial charge in [0, 0.05) is 0 Å². The molecule has 0 saturated heterocycles. The second-order valence-electron chi connectivity index (χ2n) is 4.66. The molecule has 0 aliphatic heterocycles. The maximum absolute atomic E-state index is 13.2. The summed E-state index contributed by atoms with van der Waals surface area (Å²) >= 11 is 0.